The number of carbonyl (C=O) groups is 1. The fraction of sp³-hybridized carbons (Fsp3) is 0.562. The minimum absolute atomic E-state index is 0.143. The van der Waals surface area contributed by atoms with Gasteiger partial charge in [0.05, 0.1) is 0 Å². The maximum Gasteiger partial charge on any atom is 0.135 e. The van der Waals surface area contributed by atoms with Crippen molar-refractivity contribution in [2.45, 2.75) is 44.2 Å². The number of nitrogens with zero attached hydrogens (tertiary/aromatic N) is 1. The zero-order chi connectivity index (χ0) is 13.6. The number of carbonyl (C=O) groups excluding carboxylic acids is 1. The monoisotopic (exact) mass is 277 g/mol. The standard InChI is InChI=1S/C16H20ClNO/c1-10(19)16-14(11-3-5-12(17)6-4-11)9-13-7-8-15(16)18(13)2/h3-6,13-16H,7-9H2,1-2H3/t13-,14-,15?,16?/m1/s1. The predicted molar refractivity (Wildman–Crippen MR) is 77.6 cm³/mol. The molecule has 2 fully saturated rings. The van der Waals surface area contributed by atoms with Crippen molar-refractivity contribution in [2.75, 3.05) is 7.05 Å². The molecule has 102 valence electrons. The van der Waals surface area contributed by atoms with E-state index < -0.39 is 0 Å². The van der Waals surface area contributed by atoms with Crippen LogP contribution in [0.5, 0.6) is 0 Å². The molecule has 0 N–H and O–H groups in total. The maximum absolute atomic E-state index is 12.1. The van der Waals surface area contributed by atoms with Gasteiger partial charge in [-0.15, -0.1) is 0 Å². The van der Waals surface area contributed by atoms with Gasteiger partial charge in [-0.1, -0.05) is 23.7 Å². The average Bonchev–Trinajstić information content (AvgIpc) is 2.63. The molecule has 0 aromatic heterocycles. The van der Waals surface area contributed by atoms with E-state index in [2.05, 4.69) is 24.1 Å². The largest absolute Gasteiger partial charge is 0.300 e. The molecule has 19 heavy (non-hydrogen) atoms. The SMILES string of the molecule is CC(=O)C1C2CC[C@H](C[C@@H]1c1ccc(Cl)cc1)N2C. The maximum atomic E-state index is 12.1. The topological polar surface area (TPSA) is 20.3 Å². The van der Waals surface area contributed by atoms with Gasteiger partial charge in [-0.25, -0.2) is 0 Å². The van der Waals surface area contributed by atoms with Gasteiger partial charge < -0.3 is 0 Å². The van der Waals surface area contributed by atoms with Crippen LogP contribution in [-0.2, 0) is 4.79 Å². The molecule has 1 aromatic carbocycles. The zero-order valence-corrected chi connectivity index (χ0v) is 12.2. The zero-order valence-electron chi connectivity index (χ0n) is 11.5. The summed E-state index contributed by atoms with van der Waals surface area (Å²) < 4.78 is 0. The highest BCUT2D eigenvalue weighted by molar-refractivity contribution is 6.30. The van der Waals surface area contributed by atoms with Crippen LogP contribution in [0.25, 0.3) is 0 Å². The summed E-state index contributed by atoms with van der Waals surface area (Å²) in [6.07, 6.45) is 3.49. The molecule has 0 amide bonds. The Hall–Kier alpha value is -0.860. The molecule has 1 aromatic rings. The Labute approximate surface area is 119 Å². The van der Waals surface area contributed by atoms with Gasteiger partial charge in [-0.3, -0.25) is 9.69 Å². The van der Waals surface area contributed by atoms with Gasteiger partial charge in [0, 0.05) is 23.0 Å². The van der Waals surface area contributed by atoms with Crippen LogP contribution in [0.3, 0.4) is 0 Å². The Bertz CT molecular complexity index is 484. The summed E-state index contributed by atoms with van der Waals surface area (Å²) >= 11 is 5.97. The van der Waals surface area contributed by atoms with Crippen molar-refractivity contribution in [1.82, 2.24) is 4.90 Å². The molecule has 2 nitrogen and oxygen atoms in total. The second-order valence-corrected chi connectivity index (χ2v) is 6.43. The van der Waals surface area contributed by atoms with E-state index in [-0.39, 0.29) is 5.92 Å². The van der Waals surface area contributed by atoms with Crippen molar-refractivity contribution < 1.29 is 4.79 Å². The molecule has 2 unspecified atom stereocenters. The smallest absolute Gasteiger partial charge is 0.135 e. The molecule has 2 aliphatic heterocycles. The summed E-state index contributed by atoms with van der Waals surface area (Å²) in [5.74, 6) is 0.838. The highest BCUT2D eigenvalue weighted by atomic mass is 35.5. The number of benzene rings is 1. The first kappa shape index (κ1) is 13.1. The van der Waals surface area contributed by atoms with Crippen molar-refractivity contribution in [1.29, 1.82) is 0 Å². The van der Waals surface area contributed by atoms with Gasteiger partial charge in [0.15, 0.2) is 0 Å². The Morgan fingerprint density at radius 3 is 2.58 bits per heavy atom. The molecular weight excluding hydrogens is 258 g/mol. The Kier molecular flexibility index (Phi) is 3.40. The van der Waals surface area contributed by atoms with Crippen LogP contribution in [-0.4, -0.2) is 29.8 Å². The van der Waals surface area contributed by atoms with E-state index in [1.165, 1.54) is 12.0 Å². The fourth-order valence-electron chi connectivity index (χ4n) is 4.07. The Morgan fingerprint density at radius 2 is 1.95 bits per heavy atom. The normalized spacial score (nSPS) is 34.5. The predicted octanol–water partition coefficient (Wildman–Crippen LogP) is 3.50. The second kappa shape index (κ2) is 4.92. The van der Waals surface area contributed by atoms with Crippen LogP contribution in [0, 0.1) is 5.92 Å². The quantitative estimate of drug-likeness (QED) is 0.825. The van der Waals surface area contributed by atoms with E-state index in [4.69, 9.17) is 11.6 Å². The summed E-state index contributed by atoms with van der Waals surface area (Å²) in [6.45, 7) is 1.75. The second-order valence-electron chi connectivity index (χ2n) is 5.99. The Morgan fingerprint density at radius 1 is 1.26 bits per heavy atom. The van der Waals surface area contributed by atoms with Gasteiger partial charge in [-0.05, 0) is 56.8 Å². The highest BCUT2D eigenvalue weighted by Gasteiger charge is 2.47. The number of Topliss-reactive ketones (excluding diaryl/α,β-unsaturated/α-hetero) is 1. The summed E-state index contributed by atoms with van der Waals surface area (Å²) in [5.41, 5.74) is 1.27. The van der Waals surface area contributed by atoms with E-state index in [1.54, 1.807) is 6.92 Å². The van der Waals surface area contributed by atoms with Crippen LogP contribution in [0.1, 0.15) is 37.7 Å². The van der Waals surface area contributed by atoms with Crippen LogP contribution >= 0.6 is 11.6 Å². The van der Waals surface area contributed by atoms with Gasteiger partial charge in [0.25, 0.3) is 0 Å². The number of ketones is 1. The lowest BCUT2D eigenvalue weighted by molar-refractivity contribution is -0.124. The first-order valence-corrected chi connectivity index (χ1v) is 7.43. The molecule has 3 rings (SSSR count). The lowest BCUT2D eigenvalue weighted by Gasteiger charge is -2.42. The van der Waals surface area contributed by atoms with Gasteiger partial charge in [0.2, 0.25) is 0 Å². The van der Waals surface area contributed by atoms with Gasteiger partial charge >= 0.3 is 0 Å². The summed E-state index contributed by atoms with van der Waals surface area (Å²) in [5, 5.41) is 0.763. The van der Waals surface area contributed by atoms with E-state index in [9.17, 15) is 4.79 Å². The number of fused-ring (bicyclic) bond motifs is 2. The third kappa shape index (κ3) is 2.21. The molecule has 0 radical (unpaired) electrons. The number of hydrogen-bond donors (Lipinski definition) is 0. The van der Waals surface area contributed by atoms with Crippen molar-refractivity contribution >= 4 is 17.4 Å². The van der Waals surface area contributed by atoms with Crippen molar-refractivity contribution in [2.24, 2.45) is 5.92 Å². The first-order valence-electron chi connectivity index (χ1n) is 7.06. The van der Waals surface area contributed by atoms with Crippen LogP contribution in [0.4, 0.5) is 0 Å². The van der Waals surface area contributed by atoms with E-state index >= 15 is 0 Å². The van der Waals surface area contributed by atoms with Crippen molar-refractivity contribution in [3.8, 4) is 0 Å². The molecule has 0 spiro atoms. The summed E-state index contributed by atoms with van der Waals surface area (Å²) in [6, 6.07) is 9.13. The number of piperidine rings is 1. The molecule has 2 aliphatic rings. The molecule has 0 saturated carbocycles. The van der Waals surface area contributed by atoms with Crippen molar-refractivity contribution in [3.05, 3.63) is 34.9 Å². The fourth-order valence-corrected chi connectivity index (χ4v) is 4.20. The average molecular weight is 278 g/mol. The minimum atomic E-state index is 0.143. The van der Waals surface area contributed by atoms with Crippen LogP contribution in [0.15, 0.2) is 24.3 Å². The molecule has 2 heterocycles. The molecular formula is C16H20ClNO. The van der Waals surface area contributed by atoms with E-state index in [1.807, 2.05) is 12.1 Å². The van der Waals surface area contributed by atoms with Crippen molar-refractivity contribution in [3.63, 3.8) is 0 Å². The molecule has 0 aliphatic carbocycles. The third-order valence-electron chi connectivity index (χ3n) is 5.04. The molecule has 3 heteroatoms. The number of hydrogen-bond acceptors (Lipinski definition) is 2. The molecule has 2 bridgehead atoms. The number of halogens is 1. The minimum Gasteiger partial charge on any atom is -0.300 e. The molecule has 2 saturated heterocycles. The van der Waals surface area contributed by atoms with Gasteiger partial charge in [0.1, 0.15) is 5.78 Å². The van der Waals surface area contributed by atoms with E-state index in [0.29, 0.717) is 23.8 Å². The van der Waals surface area contributed by atoms with E-state index in [0.717, 1.165) is 17.9 Å². The molecule has 4 atom stereocenters. The third-order valence-corrected chi connectivity index (χ3v) is 5.29. The van der Waals surface area contributed by atoms with Crippen LogP contribution < -0.4 is 0 Å². The first-order chi connectivity index (χ1) is 9.08. The summed E-state index contributed by atoms with van der Waals surface area (Å²) in [4.78, 5) is 14.6. The lowest BCUT2D eigenvalue weighted by atomic mass is 9.74. The summed E-state index contributed by atoms with van der Waals surface area (Å²) in [7, 11) is 2.18. The highest BCUT2D eigenvalue weighted by Crippen LogP contribution is 2.46. The number of rotatable bonds is 2. The van der Waals surface area contributed by atoms with Crippen LogP contribution in [0.2, 0.25) is 5.02 Å². The Balaban J connectivity index is 1.95. The van der Waals surface area contributed by atoms with Gasteiger partial charge in [-0.2, -0.15) is 0 Å². The lowest BCUT2D eigenvalue weighted by Crippen LogP contribution is -2.48.